The molecule has 15 heavy (non-hydrogen) atoms. The summed E-state index contributed by atoms with van der Waals surface area (Å²) in [5.41, 5.74) is 1.11. The van der Waals surface area contributed by atoms with Crippen molar-refractivity contribution in [3.05, 3.63) is 29.8 Å². The Morgan fingerprint density at radius 3 is 2.87 bits per heavy atom. The zero-order chi connectivity index (χ0) is 10.5. The molecular weight excluding hydrogens is 193 g/mol. The van der Waals surface area contributed by atoms with Gasteiger partial charge in [-0.3, -0.25) is 0 Å². The third kappa shape index (κ3) is 3.20. The molecule has 82 valence electrons. The first-order valence-corrected chi connectivity index (χ1v) is 5.40. The van der Waals surface area contributed by atoms with Crippen molar-refractivity contribution in [2.24, 2.45) is 0 Å². The number of ether oxygens (including phenoxy) is 1. The highest BCUT2D eigenvalue weighted by molar-refractivity contribution is 5.33. The predicted octanol–water partition coefficient (Wildman–Crippen LogP) is 2.29. The number of hydrogen-bond donors (Lipinski definition) is 1. The lowest BCUT2D eigenvalue weighted by Crippen LogP contribution is -2.16. The molecule has 0 atom stereocenters. The van der Waals surface area contributed by atoms with Crippen LogP contribution in [0.2, 0.25) is 0 Å². The summed E-state index contributed by atoms with van der Waals surface area (Å²) in [6, 6.07) is 8.47. The van der Waals surface area contributed by atoms with Crippen LogP contribution in [0.3, 0.4) is 0 Å². The average molecular weight is 209 g/mol. The van der Waals surface area contributed by atoms with E-state index in [4.69, 9.17) is 4.74 Å². The summed E-state index contributed by atoms with van der Waals surface area (Å²) in [5.74, 6) is 0.795. The molecule has 1 aromatic rings. The van der Waals surface area contributed by atoms with Crippen molar-refractivity contribution in [1.82, 2.24) is 5.32 Å². The Morgan fingerprint density at radius 1 is 1.33 bits per heavy atom. The van der Waals surface area contributed by atoms with Crippen molar-refractivity contribution in [3.63, 3.8) is 0 Å². The fraction of sp³-hybridized carbons (Fsp3) is 0.500. The minimum Gasteiger partial charge on any atom is -0.491 e. The van der Waals surface area contributed by atoms with E-state index >= 15 is 0 Å². The molecule has 1 aromatic carbocycles. The lowest BCUT2D eigenvalue weighted by atomic mass is 10.2. The standard InChI is InChI=1S/C12H16FNO/c13-7-8-15-12-4-2-1-3-10(12)9-14-11-5-6-11/h1-4,11,14H,5-9H2. The van der Waals surface area contributed by atoms with Crippen molar-refractivity contribution < 1.29 is 9.13 Å². The van der Waals surface area contributed by atoms with Gasteiger partial charge in [-0.15, -0.1) is 0 Å². The fourth-order valence-corrected chi connectivity index (χ4v) is 1.48. The Kier molecular flexibility index (Phi) is 3.56. The van der Waals surface area contributed by atoms with E-state index in [1.54, 1.807) is 0 Å². The van der Waals surface area contributed by atoms with E-state index in [-0.39, 0.29) is 6.61 Å². The van der Waals surface area contributed by atoms with E-state index in [0.717, 1.165) is 17.9 Å². The molecule has 0 bridgehead atoms. The Bertz CT molecular complexity index is 312. The molecule has 2 nitrogen and oxygen atoms in total. The van der Waals surface area contributed by atoms with E-state index in [1.165, 1.54) is 12.8 Å². The maximum Gasteiger partial charge on any atom is 0.123 e. The molecule has 1 saturated carbocycles. The molecule has 0 aliphatic heterocycles. The van der Waals surface area contributed by atoms with Crippen molar-refractivity contribution in [2.45, 2.75) is 25.4 Å². The summed E-state index contributed by atoms with van der Waals surface area (Å²) in [4.78, 5) is 0. The highest BCUT2D eigenvalue weighted by Crippen LogP contribution is 2.22. The SMILES string of the molecule is FCCOc1ccccc1CNC1CC1. The smallest absolute Gasteiger partial charge is 0.123 e. The second-order valence-corrected chi connectivity index (χ2v) is 3.80. The summed E-state index contributed by atoms with van der Waals surface area (Å²) in [5, 5.41) is 3.42. The number of alkyl halides is 1. The third-order valence-corrected chi connectivity index (χ3v) is 2.47. The van der Waals surface area contributed by atoms with Gasteiger partial charge in [0.1, 0.15) is 19.0 Å². The number of para-hydroxylation sites is 1. The zero-order valence-corrected chi connectivity index (χ0v) is 8.71. The van der Waals surface area contributed by atoms with Gasteiger partial charge in [0.15, 0.2) is 0 Å². The van der Waals surface area contributed by atoms with Gasteiger partial charge in [-0.25, -0.2) is 4.39 Å². The van der Waals surface area contributed by atoms with Crippen molar-refractivity contribution in [3.8, 4) is 5.75 Å². The van der Waals surface area contributed by atoms with Crippen molar-refractivity contribution in [2.75, 3.05) is 13.3 Å². The Morgan fingerprint density at radius 2 is 2.13 bits per heavy atom. The van der Waals surface area contributed by atoms with Gasteiger partial charge in [0, 0.05) is 18.2 Å². The van der Waals surface area contributed by atoms with E-state index in [0.29, 0.717) is 6.04 Å². The fourth-order valence-electron chi connectivity index (χ4n) is 1.48. The minimum absolute atomic E-state index is 0.139. The first-order valence-electron chi connectivity index (χ1n) is 5.40. The molecule has 3 heteroatoms. The van der Waals surface area contributed by atoms with Crippen LogP contribution >= 0.6 is 0 Å². The van der Waals surface area contributed by atoms with Crippen LogP contribution in [0, 0.1) is 0 Å². The van der Waals surface area contributed by atoms with Crippen LogP contribution in [0.5, 0.6) is 5.75 Å². The molecule has 1 N–H and O–H groups in total. The molecule has 0 saturated heterocycles. The maximum absolute atomic E-state index is 12.0. The summed E-state index contributed by atoms with van der Waals surface area (Å²) in [6.07, 6.45) is 2.54. The molecule has 0 heterocycles. The largest absolute Gasteiger partial charge is 0.491 e. The number of rotatable bonds is 6. The normalized spacial score (nSPS) is 15.3. The quantitative estimate of drug-likeness (QED) is 0.776. The monoisotopic (exact) mass is 209 g/mol. The van der Waals surface area contributed by atoms with Gasteiger partial charge in [0.25, 0.3) is 0 Å². The van der Waals surface area contributed by atoms with E-state index in [9.17, 15) is 4.39 Å². The van der Waals surface area contributed by atoms with E-state index in [2.05, 4.69) is 5.32 Å². The maximum atomic E-state index is 12.0. The van der Waals surface area contributed by atoms with Crippen LogP contribution in [-0.4, -0.2) is 19.3 Å². The number of halogens is 1. The lowest BCUT2D eigenvalue weighted by Gasteiger charge is -2.10. The third-order valence-electron chi connectivity index (χ3n) is 2.47. The second-order valence-electron chi connectivity index (χ2n) is 3.80. The summed E-state index contributed by atoms with van der Waals surface area (Å²) >= 11 is 0. The number of hydrogen-bond acceptors (Lipinski definition) is 2. The van der Waals surface area contributed by atoms with Crippen LogP contribution in [0.25, 0.3) is 0 Å². The summed E-state index contributed by atoms with van der Waals surface area (Å²) in [6.45, 7) is 0.512. The Hall–Kier alpha value is -1.09. The average Bonchev–Trinajstić information content (AvgIpc) is 3.08. The molecule has 1 aliphatic rings. The molecule has 0 unspecified atom stereocenters. The van der Waals surface area contributed by atoms with E-state index in [1.807, 2.05) is 24.3 Å². The number of benzene rings is 1. The minimum atomic E-state index is -0.440. The number of nitrogens with one attached hydrogen (secondary N) is 1. The lowest BCUT2D eigenvalue weighted by molar-refractivity contribution is 0.270. The highest BCUT2D eigenvalue weighted by atomic mass is 19.1. The van der Waals surface area contributed by atoms with Crippen LogP contribution < -0.4 is 10.1 Å². The summed E-state index contributed by atoms with van der Waals surface area (Å²) < 4.78 is 17.3. The zero-order valence-electron chi connectivity index (χ0n) is 8.71. The van der Waals surface area contributed by atoms with Gasteiger partial charge in [-0.2, -0.15) is 0 Å². The van der Waals surface area contributed by atoms with Crippen LogP contribution in [-0.2, 0) is 6.54 Å². The molecule has 1 aliphatic carbocycles. The van der Waals surface area contributed by atoms with Crippen molar-refractivity contribution in [1.29, 1.82) is 0 Å². The molecule has 0 aromatic heterocycles. The molecular formula is C12H16FNO. The van der Waals surface area contributed by atoms with Gasteiger partial charge in [-0.1, -0.05) is 18.2 Å². The van der Waals surface area contributed by atoms with Gasteiger partial charge in [0.05, 0.1) is 0 Å². The first kappa shape index (κ1) is 10.4. The Balaban J connectivity index is 1.93. The molecule has 0 spiro atoms. The predicted molar refractivity (Wildman–Crippen MR) is 57.8 cm³/mol. The van der Waals surface area contributed by atoms with Gasteiger partial charge >= 0.3 is 0 Å². The van der Waals surface area contributed by atoms with Crippen LogP contribution in [0.15, 0.2) is 24.3 Å². The molecule has 0 radical (unpaired) electrons. The Labute approximate surface area is 89.4 Å². The van der Waals surface area contributed by atoms with E-state index < -0.39 is 6.67 Å². The van der Waals surface area contributed by atoms with Crippen LogP contribution in [0.1, 0.15) is 18.4 Å². The second kappa shape index (κ2) is 5.12. The van der Waals surface area contributed by atoms with Crippen molar-refractivity contribution >= 4 is 0 Å². The summed E-state index contributed by atoms with van der Waals surface area (Å²) in [7, 11) is 0. The first-order chi connectivity index (χ1) is 7.40. The molecule has 2 rings (SSSR count). The van der Waals surface area contributed by atoms with Gasteiger partial charge < -0.3 is 10.1 Å². The highest BCUT2D eigenvalue weighted by Gasteiger charge is 2.20. The van der Waals surface area contributed by atoms with Gasteiger partial charge in [0.2, 0.25) is 0 Å². The topological polar surface area (TPSA) is 21.3 Å². The van der Waals surface area contributed by atoms with Crippen LogP contribution in [0.4, 0.5) is 4.39 Å². The molecule has 1 fully saturated rings. The molecule has 0 amide bonds. The van der Waals surface area contributed by atoms with Gasteiger partial charge in [-0.05, 0) is 18.9 Å².